The summed E-state index contributed by atoms with van der Waals surface area (Å²) in [5, 5.41) is -0.0740. The Balaban J connectivity index is 1.64. The number of esters is 1. The van der Waals surface area contributed by atoms with Gasteiger partial charge in [0.15, 0.2) is 0 Å². The Kier molecular flexibility index (Phi) is 6.95. The Hall–Kier alpha value is -2.14. The summed E-state index contributed by atoms with van der Waals surface area (Å²) in [6.45, 7) is 1.66. The van der Waals surface area contributed by atoms with Crippen LogP contribution >= 0.6 is 11.6 Å². The van der Waals surface area contributed by atoms with E-state index >= 15 is 0 Å². The topological polar surface area (TPSA) is 66.9 Å². The van der Waals surface area contributed by atoms with Crippen LogP contribution in [0.5, 0.6) is 0 Å². The molecular formula is C20H20ClF3N2O4S. The predicted octanol–water partition coefficient (Wildman–Crippen LogP) is 3.65. The van der Waals surface area contributed by atoms with Crippen LogP contribution in [0.25, 0.3) is 0 Å². The number of carbonyl (C=O) groups excluding carboxylic acids is 1. The molecule has 31 heavy (non-hydrogen) atoms. The smallest absolute Gasteiger partial charge is 0.416 e. The van der Waals surface area contributed by atoms with Gasteiger partial charge >= 0.3 is 12.1 Å². The second-order valence-electron chi connectivity index (χ2n) is 7.01. The minimum absolute atomic E-state index is 0.0740. The fraction of sp³-hybridized carbons (Fsp3) is 0.350. The molecule has 0 radical (unpaired) electrons. The summed E-state index contributed by atoms with van der Waals surface area (Å²) in [7, 11) is -2.65. The van der Waals surface area contributed by atoms with Crippen LogP contribution in [0, 0.1) is 0 Å². The van der Waals surface area contributed by atoms with Gasteiger partial charge in [0.25, 0.3) is 0 Å². The third-order valence-corrected chi connectivity index (χ3v) is 7.37. The molecule has 2 aromatic rings. The first kappa shape index (κ1) is 23.5. The number of sulfonamides is 1. The number of carbonyl (C=O) groups is 1. The standard InChI is InChI=1S/C20H20ClF3N2O4S/c1-30-19(27)15-4-7-18(17(21)12-15)31(28,29)26-10-8-25(9-11-26)13-14-2-5-16(6-3-14)20(22,23)24/h2-7,12H,8-11,13H2,1H3. The van der Waals surface area contributed by atoms with Crippen LogP contribution < -0.4 is 0 Å². The number of rotatable bonds is 5. The Labute approximate surface area is 183 Å². The van der Waals surface area contributed by atoms with E-state index < -0.39 is 27.7 Å². The second kappa shape index (κ2) is 9.15. The van der Waals surface area contributed by atoms with Crippen molar-refractivity contribution in [3.8, 4) is 0 Å². The van der Waals surface area contributed by atoms with Crippen molar-refractivity contribution < 1.29 is 31.1 Å². The number of hydrogen-bond acceptors (Lipinski definition) is 5. The molecule has 11 heteroatoms. The van der Waals surface area contributed by atoms with E-state index in [0.717, 1.165) is 12.1 Å². The first-order chi connectivity index (χ1) is 14.5. The second-order valence-corrected chi connectivity index (χ2v) is 9.33. The molecule has 0 bridgehead atoms. The van der Waals surface area contributed by atoms with Crippen LogP contribution in [-0.2, 0) is 27.5 Å². The molecular weight excluding hydrogens is 457 g/mol. The largest absolute Gasteiger partial charge is 0.465 e. The van der Waals surface area contributed by atoms with E-state index in [0.29, 0.717) is 25.2 Å². The molecule has 0 spiro atoms. The quantitative estimate of drug-likeness (QED) is 0.616. The molecule has 1 aliphatic rings. The zero-order valence-corrected chi connectivity index (χ0v) is 18.1. The van der Waals surface area contributed by atoms with E-state index in [4.69, 9.17) is 11.6 Å². The fourth-order valence-corrected chi connectivity index (χ4v) is 5.22. The van der Waals surface area contributed by atoms with Crippen molar-refractivity contribution in [2.75, 3.05) is 33.3 Å². The Morgan fingerprint density at radius 3 is 2.19 bits per heavy atom. The van der Waals surface area contributed by atoms with Crippen molar-refractivity contribution in [2.45, 2.75) is 17.6 Å². The summed E-state index contributed by atoms with van der Waals surface area (Å²) in [6, 6.07) is 8.79. The third kappa shape index (κ3) is 5.38. The zero-order chi connectivity index (χ0) is 22.8. The van der Waals surface area contributed by atoms with Gasteiger partial charge in [-0.15, -0.1) is 0 Å². The summed E-state index contributed by atoms with van der Waals surface area (Å²) >= 11 is 6.11. The van der Waals surface area contributed by atoms with Gasteiger partial charge in [-0.05, 0) is 35.9 Å². The molecule has 168 valence electrons. The lowest BCUT2D eigenvalue weighted by Gasteiger charge is -2.34. The predicted molar refractivity (Wildman–Crippen MR) is 108 cm³/mol. The van der Waals surface area contributed by atoms with Gasteiger partial charge < -0.3 is 4.74 Å². The molecule has 0 aliphatic carbocycles. The number of ether oxygens (including phenoxy) is 1. The monoisotopic (exact) mass is 476 g/mol. The van der Waals surface area contributed by atoms with Gasteiger partial charge in [0, 0.05) is 32.7 Å². The number of alkyl halides is 3. The maximum atomic E-state index is 13.0. The van der Waals surface area contributed by atoms with Crippen molar-refractivity contribution in [3.05, 3.63) is 64.2 Å². The minimum Gasteiger partial charge on any atom is -0.465 e. The van der Waals surface area contributed by atoms with Crippen molar-refractivity contribution >= 4 is 27.6 Å². The zero-order valence-electron chi connectivity index (χ0n) is 16.5. The molecule has 6 nitrogen and oxygen atoms in total. The molecule has 0 saturated carbocycles. The lowest BCUT2D eigenvalue weighted by atomic mass is 10.1. The van der Waals surface area contributed by atoms with Gasteiger partial charge in [-0.3, -0.25) is 4.90 Å². The van der Waals surface area contributed by atoms with E-state index in [1.54, 1.807) is 0 Å². The summed E-state index contributed by atoms with van der Waals surface area (Å²) in [4.78, 5) is 13.4. The average Bonchev–Trinajstić information content (AvgIpc) is 2.73. The van der Waals surface area contributed by atoms with Crippen LogP contribution in [0.1, 0.15) is 21.5 Å². The van der Waals surface area contributed by atoms with Crippen LogP contribution in [0.15, 0.2) is 47.4 Å². The molecule has 0 aromatic heterocycles. The molecule has 1 saturated heterocycles. The molecule has 1 heterocycles. The van der Waals surface area contributed by atoms with Gasteiger partial charge in [-0.1, -0.05) is 23.7 Å². The van der Waals surface area contributed by atoms with Gasteiger partial charge in [0.2, 0.25) is 10.0 Å². The van der Waals surface area contributed by atoms with Gasteiger partial charge in [-0.2, -0.15) is 17.5 Å². The maximum absolute atomic E-state index is 13.0. The van der Waals surface area contributed by atoms with Crippen molar-refractivity contribution in [1.82, 2.24) is 9.21 Å². The van der Waals surface area contributed by atoms with Crippen molar-refractivity contribution in [1.29, 1.82) is 0 Å². The molecule has 0 unspecified atom stereocenters. The average molecular weight is 477 g/mol. The minimum atomic E-state index is -4.38. The normalized spacial score (nSPS) is 16.3. The van der Waals surface area contributed by atoms with Crippen LogP contribution in [0.2, 0.25) is 5.02 Å². The van der Waals surface area contributed by atoms with Crippen LogP contribution in [0.4, 0.5) is 13.2 Å². The van der Waals surface area contributed by atoms with E-state index in [1.165, 1.54) is 41.7 Å². The summed E-state index contributed by atoms with van der Waals surface area (Å²) < 4.78 is 69.8. The number of benzene rings is 2. The first-order valence-corrected chi connectivity index (χ1v) is 11.1. The fourth-order valence-electron chi connectivity index (χ4n) is 3.28. The highest BCUT2D eigenvalue weighted by Gasteiger charge is 2.31. The molecule has 2 aromatic carbocycles. The highest BCUT2D eigenvalue weighted by atomic mass is 35.5. The number of methoxy groups -OCH3 is 1. The molecule has 1 fully saturated rings. The van der Waals surface area contributed by atoms with Gasteiger partial charge in [0.05, 0.1) is 23.3 Å². The Morgan fingerprint density at radius 1 is 1.06 bits per heavy atom. The van der Waals surface area contributed by atoms with Crippen LogP contribution in [0.3, 0.4) is 0 Å². The van der Waals surface area contributed by atoms with Crippen molar-refractivity contribution in [3.63, 3.8) is 0 Å². The van der Waals surface area contributed by atoms with E-state index in [2.05, 4.69) is 4.74 Å². The highest BCUT2D eigenvalue weighted by Crippen LogP contribution is 2.30. The lowest BCUT2D eigenvalue weighted by molar-refractivity contribution is -0.137. The molecule has 3 rings (SSSR count). The molecule has 0 N–H and O–H groups in total. The van der Waals surface area contributed by atoms with Gasteiger partial charge in [0.1, 0.15) is 4.90 Å². The molecule has 1 aliphatic heterocycles. The first-order valence-electron chi connectivity index (χ1n) is 9.29. The van der Waals surface area contributed by atoms with E-state index in [-0.39, 0.29) is 28.6 Å². The summed E-state index contributed by atoms with van der Waals surface area (Å²) in [6.07, 6.45) is -4.38. The molecule has 0 atom stereocenters. The highest BCUT2D eigenvalue weighted by molar-refractivity contribution is 7.89. The number of hydrogen-bond donors (Lipinski definition) is 0. The Morgan fingerprint density at radius 2 is 1.68 bits per heavy atom. The lowest BCUT2D eigenvalue weighted by Crippen LogP contribution is -2.48. The maximum Gasteiger partial charge on any atom is 0.416 e. The number of halogens is 4. The van der Waals surface area contributed by atoms with Crippen molar-refractivity contribution in [2.24, 2.45) is 0 Å². The number of nitrogens with zero attached hydrogens (tertiary/aromatic N) is 2. The third-order valence-electron chi connectivity index (χ3n) is 4.99. The van der Waals surface area contributed by atoms with Gasteiger partial charge in [-0.25, -0.2) is 13.2 Å². The summed E-state index contributed by atoms with van der Waals surface area (Å²) in [5.41, 5.74) is 0.154. The number of piperazine rings is 1. The van der Waals surface area contributed by atoms with E-state index in [9.17, 15) is 26.4 Å². The van der Waals surface area contributed by atoms with Crippen LogP contribution in [-0.4, -0.2) is 56.9 Å². The Bertz CT molecular complexity index is 1050. The summed E-state index contributed by atoms with van der Waals surface area (Å²) in [5.74, 6) is -0.622. The SMILES string of the molecule is COC(=O)c1ccc(S(=O)(=O)N2CCN(Cc3ccc(C(F)(F)F)cc3)CC2)c(Cl)c1. The molecule has 0 amide bonds. The van der Waals surface area contributed by atoms with E-state index in [1.807, 2.05) is 4.90 Å².